The SMILES string of the molecule is CC(O)CC(=O)Nc1ccc(Nc2ccc(F)cc2)nc1. The van der Waals surface area contributed by atoms with Crippen molar-refractivity contribution in [3.05, 3.63) is 48.4 Å². The van der Waals surface area contributed by atoms with Gasteiger partial charge in [0, 0.05) is 5.69 Å². The first-order valence-electron chi connectivity index (χ1n) is 6.49. The lowest BCUT2D eigenvalue weighted by atomic mass is 10.2. The van der Waals surface area contributed by atoms with Crippen molar-refractivity contribution in [1.29, 1.82) is 0 Å². The number of hydrogen-bond donors (Lipinski definition) is 3. The number of benzene rings is 1. The van der Waals surface area contributed by atoms with Crippen LogP contribution in [-0.2, 0) is 4.79 Å². The maximum atomic E-state index is 12.8. The molecule has 1 unspecified atom stereocenters. The molecule has 1 aromatic carbocycles. The fourth-order valence-electron chi connectivity index (χ4n) is 1.70. The fourth-order valence-corrected chi connectivity index (χ4v) is 1.70. The number of carbonyl (C=O) groups is 1. The minimum Gasteiger partial charge on any atom is -0.393 e. The van der Waals surface area contributed by atoms with Crippen LogP contribution < -0.4 is 10.6 Å². The smallest absolute Gasteiger partial charge is 0.227 e. The van der Waals surface area contributed by atoms with E-state index in [9.17, 15) is 9.18 Å². The number of pyridine rings is 1. The Morgan fingerprint density at radius 1 is 1.24 bits per heavy atom. The van der Waals surface area contributed by atoms with Crippen molar-refractivity contribution in [2.75, 3.05) is 10.6 Å². The summed E-state index contributed by atoms with van der Waals surface area (Å²) < 4.78 is 12.8. The second kappa shape index (κ2) is 6.81. The molecule has 1 aromatic heterocycles. The van der Waals surface area contributed by atoms with Crippen LogP contribution in [0.3, 0.4) is 0 Å². The van der Waals surface area contributed by atoms with Gasteiger partial charge in [0.05, 0.1) is 24.4 Å². The van der Waals surface area contributed by atoms with Crippen molar-refractivity contribution in [3.63, 3.8) is 0 Å². The van der Waals surface area contributed by atoms with Crippen LogP contribution in [0.4, 0.5) is 21.6 Å². The van der Waals surface area contributed by atoms with Crippen LogP contribution in [0, 0.1) is 5.82 Å². The Kier molecular flexibility index (Phi) is 4.84. The molecule has 0 aliphatic carbocycles. The molecule has 2 aromatic rings. The number of hydrogen-bond acceptors (Lipinski definition) is 4. The second-order valence-electron chi connectivity index (χ2n) is 4.67. The van der Waals surface area contributed by atoms with Crippen molar-refractivity contribution in [2.45, 2.75) is 19.4 Å². The Hall–Kier alpha value is -2.47. The van der Waals surface area contributed by atoms with Gasteiger partial charge in [0.1, 0.15) is 11.6 Å². The maximum absolute atomic E-state index is 12.8. The van der Waals surface area contributed by atoms with E-state index in [-0.39, 0.29) is 18.1 Å². The van der Waals surface area contributed by atoms with Crippen LogP contribution in [0.5, 0.6) is 0 Å². The molecule has 1 atom stereocenters. The molecule has 0 spiro atoms. The molecule has 3 N–H and O–H groups in total. The lowest BCUT2D eigenvalue weighted by Crippen LogP contribution is -2.17. The van der Waals surface area contributed by atoms with E-state index in [4.69, 9.17) is 5.11 Å². The fraction of sp³-hybridized carbons (Fsp3) is 0.200. The Labute approximate surface area is 121 Å². The highest BCUT2D eigenvalue weighted by molar-refractivity contribution is 5.90. The van der Waals surface area contributed by atoms with Crippen LogP contribution >= 0.6 is 0 Å². The number of aromatic nitrogens is 1. The highest BCUT2D eigenvalue weighted by Crippen LogP contribution is 2.16. The number of nitrogens with one attached hydrogen (secondary N) is 2. The summed E-state index contributed by atoms with van der Waals surface area (Å²) >= 11 is 0. The molecule has 1 heterocycles. The van der Waals surface area contributed by atoms with Crippen LogP contribution in [0.15, 0.2) is 42.6 Å². The number of amides is 1. The van der Waals surface area contributed by atoms with E-state index in [0.29, 0.717) is 11.5 Å². The lowest BCUT2D eigenvalue weighted by Gasteiger charge is -2.08. The van der Waals surface area contributed by atoms with Crippen molar-refractivity contribution in [1.82, 2.24) is 4.98 Å². The monoisotopic (exact) mass is 289 g/mol. The van der Waals surface area contributed by atoms with Gasteiger partial charge in [-0.3, -0.25) is 4.79 Å². The molecule has 0 aliphatic rings. The number of carbonyl (C=O) groups excluding carboxylic acids is 1. The van der Waals surface area contributed by atoms with Gasteiger partial charge in [-0.1, -0.05) is 0 Å². The standard InChI is InChI=1S/C15H16FN3O2/c1-10(20)8-15(21)19-13-6-7-14(17-9-13)18-12-4-2-11(16)3-5-12/h2-7,9-10,20H,8H2,1H3,(H,17,18)(H,19,21). The van der Waals surface area contributed by atoms with E-state index >= 15 is 0 Å². The maximum Gasteiger partial charge on any atom is 0.227 e. The van der Waals surface area contributed by atoms with Crippen LogP contribution in [0.25, 0.3) is 0 Å². The zero-order valence-corrected chi connectivity index (χ0v) is 11.5. The average Bonchev–Trinajstić information content (AvgIpc) is 2.42. The number of aliphatic hydroxyl groups excluding tert-OH is 1. The van der Waals surface area contributed by atoms with Gasteiger partial charge >= 0.3 is 0 Å². The quantitative estimate of drug-likeness (QED) is 0.791. The zero-order chi connectivity index (χ0) is 15.2. The summed E-state index contributed by atoms with van der Waals surface area (Å²) in [5.74, 6) is 0.00542. The summed E-state index contributed by atoms with van der Waals surface area (Å²) in [4.78, 5) is 15.6. The number of anilines is 3. The Morgan fingerprint density at radius 3 is 2.48 bits per heavy atom. The van der Waals surface area contributed by atoms with Gasteiger partial charge < -0.3 is 15.7 Å². The van der Waals surface area contributed by atoms with E-state index in [0.717, 1.165) is 5.69 Å². The van der Waals surface area contributed by atoms with Gasteiger partial charge in [-0.15, -0.1) is 0 Å². The summed E-state index contributed by atoms with van der Waals surface area (Å²) in [6.07, 6.45) is 0.860. The summed E-state index contributed by atoms with van der Waals surface area (Å²) in [7, 11) is 0. The van der Waals surface area contributed by atoms with Crippen LogP contribution in [0.2, 0.25) is 0 Å². The molecule has 5 nitrogen and oxygen atoms in total. The minimum absolute atomic E-state index is 0.0373. The number of nitrogens with zero attached hydrogens (tertiary/aromatic N) is 1. The van der Waals surface area contributed by atoms with E-state index < -0.39 is 6.10 Å². The average molecular weight is 289 g/mol. The number of rotatable bonds is 5. The molecular formula is C15H16FN3O2. The van der Waals surface area contributed by atoms with E-state index in [1.54, 1.807) is 31.2 Å². The molecule has 6 heteroatoms. The van der Waals surface area contributed by atoms with Crippen molar-refractivity contribution >= 4 is 23.1 Å². The molecular weight excluding hydrogens is 273 g/mol. The summed E-state index contributed by atoms with van der Waals surface area (Å²) in [6.45, 7) is 1.55. The molecule has 0 saturated carbocycles. The van der Waals surface area contributed by atoms with Gasteiger partial charge in [0.25, 0.3) is 0 Å². The minimum atomic E-state index is -0.683. The highest BCUT2D eigenvalue weighted by atomic mass is 19.1. The highest BCUT2D eigenvalue weighted by Gasteiger charge is 2.06. The van der Waals surface area contributed by atoms with Crippen molar-refractivity contribution in [2.24, 2.45) is 0 Å². The first kappa shape index (κ1) is 14.9. The first-order chi connectivity index (χ1) is 10.0. The molecule has 0 radical (unpaired) electrons. The molecule has 0 saturated heterocycles. The largest absolute Gasteiger partial charge is 0.393 e. The molecule has 110 valence electrons. The third kappa shape index (κ3) is 4.85. The van der Waals surface area contributed by atoms with E-state index in [2.05, 4.69) is 15.6 Å². The normalized spacial score (nSPS) is 11.8. The Bertz CT molecular complexity index is 597. The summed E-state index contributed by atoms with van der Waals surface area (Å²) in [5, 5.41) is 14.8. The van der Waals surface area contributed by atoms with Gasteiger partial charge in [-0.2, -0.15) is 0 Å². The molecule has 2 rings (SSSR count). The van der Waals surface area contributed by atoms with Crippen LogP contribution in [-0.4, -0.2) is 22.1 Å². The molecule has 1 amide bonds. The molecule has 0 fully saturated rings. The molecule has 21 heavy (non-hydrogen) atoms. The Balaban J connectivity index is 1.95. The zero-order valence-electron chi connectivity index (χ0n) is 11.5. The van der Waals surface area contributed by atoms with Crippen molar-refractivity contribution < 1.29 is 14.3 Å². The van der Waals surface area contributed by atoms with E-state index in [1.165, 1.54) is 18.3 Å². The number of aliphatic hydroxyl groups is 1. The summed E-state index contributed by atoms with van der Waals surface area (Å²) in [6, 6.07) is 9.31. The van der Waals surface area contributed by atoms with Gasteiger partial charge in [0.15, 0.2) is 0 Å². The van der Waals surface area contributed by atoms with Crippen LogP contribution in [0.1, 0.15) is 13.3 Å². The Morgan fingerprint density at radius 2 is 1.90 bits per heavy atom. The number of halogens is 1. The van der Waals surface area contributed by atoms with Gasteiger partial charge in [-0.25, -0.2) is 9.37 Å². The molecule has 0 bridgehead atoms. The van der Waals surface area contributed by atoms with Crippen molar-refractivity contribution in [3.8, 4) is 0 Å². The summed E-state index contributed by atoms with van der Waals surface area (Å²) in [5.41, 5.74) is 1.26. The first-order valence-corrected chi connectivity index (χ1v) is 6.49. The predicted octanol–water partition coefficient (Wildman–Crippen LogP) is 2.67. The second-order valence-corrected chi connectivity index (χ2v) is 4.67. The predicted molar refractivity (Wildman–Crippen MR) is 78.8 cm³/mol. The third-order valence-electron chi connectivity index (χ3n) is 2.64. The molecule has 0 aliphatic heterocycles. The lowest BCUT2D eigenvalue weighted by molar-refractivity contribution is -0.117. The van der Waals surface area contributed by atoms with Gasteiger partial charge in [-0.05, 0) is 43.3 Å². The third-order valence-corrected chi connectivity index (χ3v) is 2.64. The van der Waals surface area contributed by atoms with E-state index in [1.807, 2.05) is 0 Å². The topological polar surface area (TPSA) is 74.2 Å². The van der Waals surface area contributed by atoms with Gasteiger partial charge in [0.2, 0.25) is 5.91 Å².